The molecule has 0 fully saturated rings. The molecule has 0 saturated carbocycles. The SMILES string of the molecule is O=C(O)C(O)C(O)C(O)[C@@H](O)C(=O)O. The van der Waals surface area contributed by atoms with Crippen LogP contribution < -0.4 is 0 Å². The van der Waals surface area contributed by atoms with Crippen LogP contribution in [0.2, 0.25) is 0 Å². The van der Waals surface area contributed by atoms with Crippen molar-refractivity contribution >= 4 is 11.9 Å². The van der Waals surface area contributed by atoms with Crippen molar-refractivity contribution < 1.29 is 40.2 Å². The topological polar surface area (TPSA) is 156 Å². The van der Waals surface area contributed by atoms with Crippen LogP contribution in [0.25, 0.3) is 0 Å². The van der Waals surface area contributed by atoms with Gasteiger partial charge in [-0.25, -0.2) is 9.59 Å². The maximum Gasteiger partial charge on any atom is 0.335 e. The summed E-state index contributed by atoms with van der Waals surface area (Å²) in [5.41, 5.74) is 0. The van der Waals surface area contributed by atoms with Crippen molar-refractivity contribution in [2.24, 2.45) is 0 Å². The van der Waals surface area contributed by atoms with E-state index < -0.39 is 36.4 Å². The molecule has 0 aromatic carbocycles. The lowest BCUT2D eigenvalue weighted by molar-refractivity contribution is -0.172. The summed E-state index contributed by atoms with van der Waals surface area (Å²) in [5.74, 6) is -3.68. The Hall–Kier alpha value is -1.22. The van der Waals surface area contributed by atoms with E-state index in [-0.39, 0.29) is 0 Å². The molecule has 0 saturated heterocycles. The van der Waals surface area contributed by atoms with E-state index in [2.05, 4.69) is 0 Å². The van der Waals surface area contributed by atoms with Gasteiger partial charge in [0.2, 0.25) is 0 Å². The largest absolute Gasteiger partial charge is 0.479 e. The number of hydrogen-bond acceptors (Lipinski definition) is 6. The summed E-state index contributed by atoms with van der Waals surface area (Å²) in [5, 5.41) is 51.5. The molecule has 0 heterocycles. The summed E-state index contributed by atoms with van der Waals surface area (Å²) < 4.78 is 0. The van der Waals surface area contributed by atoms with Gasteiger partial charge in [0.1, 0.15) is 12.2 Å². The number of aliphatic hydroxyl groups is 4. The molecule has 6 N–H and O–H groups in total. The smallest absolute Gasteiger partial charge is 0.335 e. The van der Waals surface area contributed by atoms with Crippen LogP contribution in [0.15, 0.2) is 0 Å². The lowest BCUT2D eigenvalue weighted by Gasteiger charge is -2.21. The predicted molar refractivity (Wildman–Crippen MR) is 39.3 cm³/mol. The lowest BCUT2D eigenvalue weighted by Crippen LogP contribution is -2.49. The van der Waals surface area contributed by atoms with Gasteiger partial charge in [-0.05, 0) is 0 Å². The van der Waals surface area contributed by atoms with Crippen LogP contribution in [0.1, 0.15) is 0 Å². The second-order valence-corrected chi connectivity index (χ2v) is 2.55. The van der Waals surface area contributed by atoms with E-state index in [1.807, 2.05) is 0 Å². The molecule has 0 radical (unpaired) electrons. The molecule has 0 bridgehead atoms. The average Bonchev–Trinajstić information content (AvgIpc) is 2.12. The minimum atomic E-state index is -2.36. The number of hydrogen-bond donors (Lipinski definition) is 6. The molecule has 0 rings (SSSR count). The van der Waals surface area contributed by atoms with Crippen molar-refractivity contribution in [1.82, 2.24) is 0 Å². The molecule has 82 valence electrons. The molecule has 0 aromatic heterocycles. The number of carbonyl (C=O) groups is 2. The van der Waals surface area contributed by atoms with Crippen molar-refractivity contribution in [1.29, 1.82) is 0 Å². The molecule has 0 amide bonds. The van der Waals surface area contributed by atoms with Crippen LogP contribution in [0.3, 0.4) is 0 Å². The first-order valence-corrected chi connectivity index (χ1v) is 3.47. The molecule has 8 heteroatoms. The maximum atomic E-state index is 10.1. The Morgan fingerprint density at radius 3 is 1.07 bits per heavy atom. The minimum absolute atomic E-state index is 1.84. The Kier molecular flexibility index (Phi) is 4.44. The number of rotatable bonds is 5. The van der Waals surface area contributed by atoms with E-state index in [0.29, 0.717) is 0 Å². The van der Waals surface area contributed by atoms with E-state index >= 15 is 0 Å². The first-order valence-electron chi connectivity index (χ1n) is 3.47. The fraction of sp³-hybridized carbons (Fsp3) is 0.667. The molecular weight excluding hydrogens is 200 g/mol. The van der Waals surface area contributed by atoms with Gasteiger partial charge in [0.15, 0.2) is 12.2 Å². The van der Waals surface area contributed by atoms with E-state index in [0.717, 1.165) is 0 Å². The molecular formula is C6H10O8. The Labute approximate surface area is 77.7 Å². The summed E-state index contributed by atoms with van der Waals surface area (Å²) in [6.07, 6.45) is -9.28. The minimum Gasteiger partial charge on any atom is -0.479 e. The zero-order valence-corrected chi connectivity index (χ0v) is 6.81. The highest BCUT2D eigenvalue weighted by Gasteiger charge is 2.37. The van der Waals surface area contributed by atoms with E-state index in [4.69, 9.17) is 30.6 Å². The normalized spacial score (nSPS) is 19.4. The number of aliphatic carboxylic acids is 2. The Morgan fingerprint density at radius 1 is 0.714 bits per heavy atom. The van der Waals surface area contributed by atoms with Gasteiger partial charge in [0.25, 0.3) is 0 Å². The molecule has 0 aliphatic heterocycles. The van der Waals surface area contributed by atoms with Crippen molar-refractivity contribution in [3.8, 4) is 0 Å². The molecule has 3 unspecified atom stereocenters. The van der Waals surface area contributed by atoms with Crippen LogP contribution in [-0.4, -0.2) is 67.0 Å². The summed E-state index contributed by atoms with van der Waals surface area (Å²) in [6, 6.07) is 0. The predicted octanol–water partition coefficient (Wildman–Crippen LogP) is -3.40. The number of carboxylic acid groups (broad SMARTS) is 2. The van der Waals surface area contributed by atoms with Gasteiger partial charge in [-0.2, -0.15) is 0 Å². The molecule has 4 atom stereocenters. The third-order valence-corrected chi connectivity index (χ3v) is 1.50. The maximum absolute atomic E-state index is 10.1. The Balaban J connectivity index is 4.45. The second-order valence-electron chi connectivity index (χ2n) is 2.55. The fourth-order valence-corrected chi connectivity index (χ4v) is 0.666. The standard InChI is InChI=1S/C6H10O8/c7-1(3(9)5(11)12)2(8)4(10)6(13)14/h1-4,7-10H,(H,11,12)(H,13,14)/t1?,2?,3-,4?/m1/s1. The van der Waals surface area contributed by atoms with Crippen molar-refractivity contribution in [2.45, 2.75) is 24.4 Å². The van der Waals surface area contributed by atoms with Gasteiger partial charge >= 0.3 is 11.9 Å². The highest BCUT2D eigenvalue weighted by molar-refractivity contribution is 5.75. The Bertz CT molecular complexity index is 202. The van der Waals surface area contributed by atoms with Crippen LogP contribution >= 0.6 is 0 Å². The highest BCUT2D eigenvalue weighted by Crippen LogP contribution is 2.05. The van der Waals surface area contributed by atoms with E-state index in [9.17, 15) is 9.59 Å². The van der Waals surface area contributed by atoms with Crippen LogP contribution in [0, 0.1) is 0 Å². The molecule has 0 aliphatic carbocycles. The number of aliphatic hydroxyl groups excluding tert-OH is 4. The van der Waals surface area contributed by atoms with Crippen molar-refractivity contribution in [2.75, 3.05) is 0 Å². The zero-order chi connectivity index (χ0) is 11.5. The molecule has 0 spiro atoms. The third-order valence-electron chi connectivity index (χ3n) is 1.50. The van der Waals surface area contributed by atoms with Crippen LogP contribution in [0.5, 0.6) is 0 Å². The van der Waals surface area contributed by atoms with Crippen molar-refractivity contribution in [3.63, 3.8) is 0 Å². The van der Waals surface area contributed by atoms with Gasteiger partial charge in [-0.3, -0.25) is 0 Å². The summed E-state index contributed by atoms with van der Waals surface area (Å²) >= 11 is 0. The average molecular weight is 210 g/mol. The summed E-state index contributed by atoms with van der Waals surface area (Å²) in [4.78, 5) is 20.2. The van der Waals surface area contributed by atoms with Gasteiger partial charge in [-0.1, -0.05) is 0 Å². The van der Waals surface area contributed by atoms with Gasteiger partial charge in [0.05, 0.1) is 0 Å². The fourth-order valence-electron chi connectivity index (χ4n) is 0.666. The summed E-state index contributed by atoms with van der Waals surface area (Å²) in [6.45, 7) is 0. The number of carboxylic acids is 2. The lowest BCUT2D eigenvalue weighted by atomic mass is 10.0. The highest BCUT2D eigenvalue weighted by atomic mass is 16.4. The first kappa shape index (κ1) is 12.8. The first-order chi connectivity index (χ1) is 6.29. The van der Waals surface area contributed by atoms with E-state index in [1.54, 1.807) is 0 Å². The zero-order valence-electron chi connectivity index (χ0n) is 6.81. The Morgan fingerprint density at radius 2 is 0.929 bits per heavy atom. The van der Waals surface area contributed by atoms with Gasteiger partial charge < -0.3 is 30.6 Å². The third kappa shape index (κ3) is 2.92. The van der Waals surface area contributed by atoms with Crippen LogP contribution in [-0.2, 0) is 9.59 Å². The van der Waals surface area contributed by atoms with Crippen molar-refractivity contribution in [3.05, 3.63) is 0 Å². The monoisotopic (exact) mass is 210 g/mol. The second kappa shape index (κ2) is 4.86. The van der Waals surface area contributed by atoms with Gasteiger partial charge in [0, 0.05) is 0 Å². The molecule has 0 aliphatic rings. The quantitative estimate of drug-likeness (QED) is 0.274. The summed E-state index contributed by atoms with van der Waals surface area (Å²) in [7, 11) is 0. The van der Waals surface area contributed by atoms with Gasteiger partial charge in [-0.15, -0.1) is 0 Å². The molecule has 14 heavy (non-hydrogen) atoms. The van der Waals surface area contributed by atoms with E-state index in [1.165, 1.54) is 0 Å². The molecule has 8 nitrogen and oxygen atoms in total. The molecule has 0 aromatic rings. The van der Waals surface area contributed by atoms with Crippen LogP contribution in [0.4, 0.5) is 0 Å².